The van der Waals surface area contributed by atoms with Crippen LogP contribution in [0.4, 0.5) is 0 Å². The number of morpholine rings is 1. The van der Waals surface area contributed by atoms with Gasteiger partial charge < -0.3 is 15.2 Å². The molecule has 4 nitrogen and oxygen atoms in total. The van der Waals surface area contributed by atoms with Crippen molar-refractivity contribution in [1.82, 2.24) is 4.90 Å². The third-order valence-corrected chi connectivity index (χ3v) is 2.88. The van der Waals surface area contributed by atoms with Crippen LogP contribution in [-0.4, -0.2) is 41.7 Å². The Morgan fingerprint density at radius 2 is 2.13 bits per heavy atom. The lowest BCUT2D eigenvalue weighted by Gasteiger charge is -2.30. The van der Waals surface area contributed by atoms with Crippen LogP contribution < -0.4 is 0 Å². The molecule has 0 aromatic heterocycles. The van der Waals surface area contributed by atoms with Gasteiger partial charge in [0.05, 0.1) is 19.6 Å². The first-order valence-electron chi connectivity index (χ1n) is 4.92. The highest BCUT2D eigenvalue weighted by Gasteiger charge is 2.21. The second-order valence-corrected chi connectivity index (χ2v) is 3.88. The van der Waals surface area contributed by atoms with E-state index in [9.17, 15) is 0 Å². The molecule has 1 saturated heterocycles. The van der Waals surface area contributed by atoms with Crippen molar-refractivity contribution in [2.24, 2.45) is 0 Å². The summed E-state index contributed by atoms with van der Waals surface area (Å²) in [6, 6.07) is 0. The summed E-state index contributed by atoms with van der Waals surface area (Å²) >= 11 is 5.97. The monoisotopic (exact) mass is 225 g/mol. The molecule has 5 heteroatoms. The normalized spacial score (nSPS) is 21.9. The SMILES string of the molecule is [N-]=[N+]=C1CC=C(N2CCOCC2)C=C1Cl. The van der Waals surface area contributed by atoms with E-state index in [1.807, 2.05) is 12.2 Å². The van der Waals surface area contributed by atoms with E-state index in [2.05, 4.69) is 9.69 Å². The second-order valence-electron chi connectivity index (χ2n) is 3.47. The summed E-state index contributed by atoms with van der Waals surface area (Å²) in [7, 11) is 0. The predicted octanol–water partition coefficient (Wildman–Crippen LogP) is 1.40. The van der Waals surface area contributed by atoms with Crippen LogP contribution in [0.5, 0.6) is 0 Å². The van der Waals surface area contributed by atoms with Crippen molar-refractivity contribution in [1.29, 1.82) is 0 Å². The average molecular weight is 226 g/mol. The van der Waals surface area contributed by atoms with Crippen LogP contribution >= 0.6 is 11.6 Å². The summed E-state index contributed by atoms with van der Waals surface area (Å²) in [6.45, 7) is 3.28. The van der Waals surface area contributed by atoms with Crippen LogP contribution in [0.1, 0.15) is 6.42 Å². The topological polar surface area (TPSA) is 48.9 Å². The maximum atomic E-state index is 8.66. The lowest BCUT2D eigenvalue weighted by Crippen LogP contribution is -2.35. The Kier molecular flexibility index (Phi) is 3.21. The van der Waals surface area contributed by atoms with Gasteiger partial charge in [0.1, 0.15) is 5.03 Å². The molecule has 80 valence electrons. The fraction of sp³-hybridized carbons (Fsp3) is 0.500. The Bertz CT molecular complexity index is 363. The molecule has 1 heterocycles. The molecule has 0 amide bonds. The third kappa shape index (κ3) is 2.29. The summed E-state index contributed by atoms with van der Waals surface area (Å²) in [5.41, 5.74) is 10.3. The van der Waals surface area contributed by atoms with Crippen molar-refractivity contribution in [2.45, 2.75) is 6.42 Å². The van der Waals surface area contributed by atoms with Gasteiger partial charge in [-0.1, -0.05) is 11.6 Å². The van der Waals surface area contributed by atoms with E-state index < -0.39 is 0 Å². The zero-order chi connectivity index (χ0) is 10.7. The van der Waals surface area contributed by atoms with Gasteiger partial charge in [-0.05, 0) is 12.2 Å². The van der Waals surface area contributed by atoms with Gasteiger partial charge in [-0.15, -0.1) is 0 Å². The first kappa shape index (κ1) is 10.4. The number of ether oxygens (including phenoxy) is 1. The van der Waals surface area contributed by atoms with Crippen LogP contribution in [0.25, 0.3) is 5.53 Å². The molecular formula is C10H12ClN3O. The molecule has 0 bridgehead atoms. The highest BCUT2D eigenvalue weighted by molar-refractivity contribution is 6.43. The molecule has 0 spiro atoms. The van der Waals surface area contributed by atoms with Gasteiger partial charge >= 0.3 is 5.71 Å². The minimum absolute atomic E-state index is 0.515. The quantitative estimate of drug-likeness (QED) is 0.500. The average Bonchev–Trinajstić information content (AvgIpc) is 2.30. The smallest absolute Gasteiger partial charge is 0.314 e. The molecular weight excluding hydrogens is 214 g/mol. The lowest BCUT2D eigenvalue weighted by atomic mass is 10.1. The number of allylic oxidation sites excluding steroid dienone is 3. The van der Waals surface area contributed by atoms with Gasteiger partial charge in [0.2, 0.25) is 0 Å². The van der Waals surface area contributed by atoms with Gasteiger partial charge in [0.15, 0.2) is 0 Å². The molecule has 0 saturated carbocycles. The molecule has 15 heavy (non-hydrogen) atoms. The standard InChI is InChI=1S/C10H12ClN3O/c11-9-7-8(1-2-10(9)13-12)14-3-5-15-6-4-14/h1,7H,2-6H2. The van der Waals surface area contributed by atoms with E-state index >= 15 is 0 Å². The predicted molar refractivity (Wildman–Crippen MR) is 57.7 cm³/mol. The highest BCUT2D eigenvalue weighted by atomic mass is 35.5. The minimum atomic E-state index is 0.515. The van der Waals surface area contributed by atoms with E-state index in [1.165, 1.54) is 0 Å². The molecule has 1 aliphatic carbocycles. The Labute approximate surface area is 93.4 Å². The molecule has 0 unspecified atom stereocenters. The maximum Gasteiger partial charge on any atom is 0.314 e. The van der Waals surface area contributed by atoms with Crippen molar-refractivity contribution in [2.75, 3.05) is 26.3 Å². The Morgan fingerprint density at radius 3 is 2.73 bits per heavy atom. The minimum Gasteiger partial charge on any atom is -0.378 e. The number of halogens is 1. The second kappa shape index (κ2) is 4.62. The maximum absolute atomic E-state index is 8.66. The van der Waals surface area contributed by atoms with E-state index in [0.717, 1.165) is 32.0 Å². The molecule has 0 N–H and O–H groups in total. The molecule has 2 aliphatic rings. The fourth-order valence-corrected chi connectivity index (χ4v) is 1.93. The summed E-state index contributed by atoms with van der Waals surface area (Å²) < 4.78 is 5.27. The van der Waals surface area contributed by atoms with E-state index in [0.29, 0.717) is 17.2 Å². The van der Waals surface area contributed by atoms with Gasteiger partial charge in [-0.2, -0.15) is 4.79 Å². The van der Waals surface area contributed by atoms with Gasteiger partial charge in [-0.3, -0.25) is 0 Å². The van der Waals surface area contributed by atoms with Crippen LogP contribution in [0.15, 0.2) is 22.9 Å². The van der Waals surface area contributed by atoms with Gasteiger partial charge in [0, 0.05) is 18.8 Å². The number of hydrogen-bond donors (Lipinski definition) is 0. The van der Waals surface area contributed by atoms with Crippen molar-refractivity contribution in [3.8, 4) is 0 Å². The molecule has 1 fully saturated rings. The fourth-order valence-electron chi connectivity index (χ4n) is 1.70. The zero-order valence-electron chi connectivity index (χ0n) is 8.32. The van der Waals surface area contributed by atoms with Gasteiger partial charge in [0.25, 0.3) is 0 Å². The molecule has 0 radical (unpaired) electrons. The van der Waals surface area contributed by atoms with Crippen molar-refractivity contribution in [3.63, 3.8) is 0 Å². The van der Waals surface area contributed by atoms with Crippen LogP contribution in [0.3, 0.4) is 0 Å². The molecule has 0 aromatic rings. The Hall–Kier alpha value is -1.09. The number of nitrogens with zero attached hydrogens (tertiary/aromatic N) is 3. The van der Waals surface area contributed by atoms with Crippen molar-refractivity contribution >= 4 is 17.3 Å². The summed E-state index contributed by atoms with van der Waals surface area (Å²) in [6.07, 6.45) is 4.44. The Morgan fingerprint density at radius 1 is 1.40 bits per heavy atom. The highest BCUT2D eigenvalue weighted by Crippen LogP contribution is 2.20. The van der Waals surface area contributed by atoms with Crippen molar-refractivity contribution < 1.29 is 9.53 Å². The first-order valence-corrected chi connectivity index (χ1v) is 5.30. The molecule has 0 atom stereocenters. The Balaban J connectivity index is 2.12. The molecule has 0 aromatic carbocycles. The summed E-state index contributed by atoms with van der Waals surface area (Å²) in [5.74, 6) is 0. The van der Waals surface area contributed by atoms with Gasteiger partial charge in [-0.25, -0.2) is 0 Å². The summed E-state index contributed by atoms with van der Waals surface area (Å²) in [4.78, 5) is 5.36. The van der Waals surface area contributed by atoms with E-state index in [-0.39, 0.29) is 0 Å². The number of rotatable bonds is 1. The summed E-state index contributed by atoms with van der Waals surface area (Å²) in [5, 5.41) is 0.515. The zero-order valence-corrected chi connectivity index (χ0v) is 9.07. The van der Waals surface area contributed by atoms with E-state index in [1.54, 1.807) is 0 Å². The molecule has 1 aliphatic heterocycles. The van der Waals surface area contributed by atoms with Crippen molar-refractivity contribution in [3.05, 3.63) is 28.4 Å². The van der Waals surface area contributed by atoms with Crippen LogP contribution in [0, 0.1) is 0 Å². The largest absolute Gasteiger partial charge is 0.378 e. The first-order chi connectivity index (χ1) is 7.31. The van der Waals surface area contributed by atoms with E-state index in [4.69, 9.17) is 21.9 Å². The van der Waals surface area contributed by atoms with Crippen LogP contribution in [-0.2, 0) is 4.74 Å². The third-order valence-electron chi connectivity index (χ3n) is 2.55. The molecule has 2 rings (SSSR count). The number of hydrogen-bond acceptors (Lipinski definition) is 2. The lowest BCUT2D eigenvalue weighted by molar-refractivity contribution is -0.00597. The van der Waals surface area contributed by atoms with Crippen LogP contribution in [0.2, 0.25) is 0 Å².